The van der Waals surface area contributed by atoms with Gasteiger partial charge in [-0.3, -0.25) is 4.79 Å². The Kier molecular flexibility index (Phi) is 5.00. The molecule has 1 unspecified atom stereocenters. The second-order valence-corrected chi connectivity index (χ2v) is 5.33. The first-order chi connectivity index (χ1) is 8.36. The zero-order valence-corrected chi connectivity index (χ0v) is 11.3. The quantitative estimate of drug-likeness (QED) is 0.622. The number of halogens is 1. The smallest absolute Gasteiger partial charge is 0.323 e. The molecule has 18 heavy (non-hydrogen) atoms. The minimum absolute atomic E-state index is 0.0626. The summed E-state index contributed by atoms with van der Waals surface area (Å²) in [6.45, 7) is 3.19. The van der Waals surface area contributed by atoms with Gasteiger partial charge in [0, 0.05) is 0 Å². The molecule has 1 heterocycles. The highest BCUT2D eigenvalue weighted by Gasteiger charge is 2.23. The molecule has 7 nitrogen and oxygen atoms in total. The molecule has 0 spiro atoms. The van der Waals surface area contributed by atoms with Gasteiger partial charge in [-0.05, 0) is 25.4 Å². The van der Waals surface area contributed by atoms with E-state index in [9.17, 15) is 13.2 Å². The fraction of sp³-hybridized carbons (Fsp3) is 0.444. The number of nitrogens with one attached hydrogen (secondary N) is 1. The van der Waals surface area contributed by atoms with Crippen molar-refractivity contribution in [3.05, 3.63) is 17.7 Å². The van der Waals surface area contributed by atoms with Gasteiger partial charge in [0.15, 0.2) is 0 Å². The minimum Gasteiger partial charge on any atom is -0.465 e. The number of ether oxygens (including phenoxy) is 1. The molecule has 1 rings (SSSR count). The number of hydrogen-bond donors (Lipinski definition) is 1. The SMILES string of the molecule is CCOC(=O)C(C)NS(=O)(=O)c1cnc(Cl)nc1. The van der Waals surface area contributed by atoms with Gasteiger partial charge in [0.1, 0.15) is 10.9 Å². The Morgan fingerprint density at radius 2 is 2.06 bits per heavy atom. The van der Waals surface area contributed by atoms with Crippen LogP contribution < -0.4 is 4.72 Å². The first-order valence-electron chi connectivity index (χ1n) is 5.03. The maximum Gasteiger partial charge on any atom is 0.323 e. The lowest BCUT2D eigenvalue weighted by Gasteiger charge is -2.12. The summed E-state index contributed by atoms with van der Waals surface area (Å²) >= 11 is 5.45. The Balaban J connectivity index is 2.82. The topological polar surface area (TPSA) is 98.2 Å². The van der Waals surface area contributed by atoms with E-state index in [0.29, 0.717) is 0 Å². The van der Waals surface area contributed by atoms with E-state index < -0.39 is 22.0 Å². The van der Waals surface area contributed by atoms with Crippen LogP contribution in [0, 0.1) is 0 Å². The summed E-state index contributed by atoms with van der Waals surface area (Å²) in [7, 11) is -3.87. The van der Waals surface area contributed by atoms with Crippen molar-refractivity contribution in [1.82, 2.24) is 14.7 Å². The number of esters is 1. The molecule has 9 heteroatoms. The summed E-state index contributed by atoms with van der Waals surface area (Å²) in [5, 5.41) is -0.0626. The van der Waals surface area contributed by atoms with Gasteiger partial charge in [0.05, 0.1) is 19.0 Å². The molecule has 0 aliphatic rings. The van der Waals surface area contributed by atoms with E-state index in [2.05, 4.69) is 19.4 Å². The van der Waals surface area contributed by atoms with E-state index in [1.165, 1.54) is 6.92 Å². The lowest BCUT2D eigenvalue weighted by atomic mass is 10.4. The van der Waals surface area contributed by atoms with Gasteiger partial charge in [-0.15, -0.1) is 0 Å². The Bertz CT molecular complexity index is 517. The molecule has 0 bridgehead atoms. The van der Waals surface area contributed by atoms with E-state index in [4.69, 9.17) is 11.6 Å². The maximum absolute atomic E-state index is 11.8. The Morgan fingerprint density at radius 3 is 2.56 bits per heavy atom. The van der Waals surface area contributed by atoms with Crippen LogP contribution in [0.5, 0.6) is 0 Å². The lowest BCUT2D eigenvalue weighted by molar-refractivity contribution is -0.144. The van der Waals surface area contributed by atoms with Gasteiger partial charge >= 0.3 is 5.97 Å². The summed E-state index contributed by atoms with van der Waals surface area (Å²) in [4.78, 5) is 18.2. The van der Waals surface area contributed by atoms with E-state index in [-0.39, 0.29) is 16.8 Å². The van der Waals surface area contributed by atoms with Gasteiger partial charge in [-0.1, -0.05) is 0 Å². The van der Waals surface area contributed by atoms with Gasteiger partial charge in [-0.2, -0.15) is 4.72 Å². The average Bonchev–Trinajstić information content (AvgIpc) is 2.29. The Labute approximate surface area is 110 Å². The molecular weight excluding hydrogens is 282 g/mol. The molecule has 0 amide bonds. The van der Waals surface area contributed by atoms with Crippen LogP contribution in [0.15, 0.2) is 17.3 Å². The van der Waals surface area contributed by atoms with Crippen LogP contribution in [-0.2, 0) is 19.6 Å². The van der Waals surface area contributed by atoms with E-state index in [0.717, 1.165) is 12.4 Å². The zero-order valence-electron chi connectivity index (χ0n) is 9.75. The van der Waals surface area contributed by atoms with Crippen LogP contribution >= 0.6 is 11.6 Å². The summed E-state index contributed by atoms with van der Waals surface area (Å²) in [5.74, 6) is -0.657. The fourth-order valence-corrected chi connectivity index (χ4v) is 2.23. The third-order valence-electron chi connectivity index (χ3n) is 1.88. The predicted molar refractivity (Wildman–Crippen MR) is 63.5 cm³/mol. The van der Waals surface area contributed by atoms with Crippen LogP contribution in [0.2, 0.25) is 5.28 Å². The van der Waals surface area contributed by atoms with E-state index in [1.54, 1.807) is 6.92 Å². The molecule has 1 N–H and O–H groups in total. The number of carbonyl (C=O) groups is 1. The molecule has 1 aromatic heterocycles. The number of aromatic nitrogens is 2. The summed E-state index contributed by atoms with van der Waals surface area (Å²) in [6, 6.07) is -0.995. The van der Waals surface area contributed by atoms with Gasteiger partial charge < -0.3 is 4.74 Å². The summed E-state index contributed by atoms with van der Waals surface area (Å²) in [6.07, 6.45) is 2.10. The van der Waals surface area contributed by atoms with Crippen LogP contribution in [-0.4, -0.2) is 37.0 Å². The second-order valence-electron chi connectivity index (χ2n) is 3.28. The van der Waals surface area contributed by atoms with Crippen LogP contribution in [0.1, 0.15) is 13.8 Å². The van der Waals surface area contributed by atoms with Crippen molar-refractivity contribution < 1.29 is 17.9 Å². The zero-order chi connectivity index (χ0) is 13.8. The highest BCUT2D eigenvalue weighted by atomic mass is 35.5. The fourth-order valence-electron chi connectivity index (χ4n) is 1.06. The van der Waals surface area contributed by atoms with Crippen molar-refractivity contribution in [3.8, 4) is 0 Å². The molecule has 0 saturated carbocycles. The molecular formula is C9H12ClN3O4S. The molecule has 0 aromatic carbocycles. The van der Waals surface area contributed by atoms with Crippen LogP contribution in [0.3, 0.4) is 0 Å². The average molecular weight is 294 g/mol. The van der Waals surface area contributed by atoms with Crippen LogP contribution in [0.25, 0.3) is 0 Å². The highest BCUT2D eigenvalue weighted by molar-refractivity contribution is 7.89. The number of nitrogens with zero attached hydrogens (tertiary/aromatic N) is 2. The van der Waals surface area contributed by atoms with Crippen molar-refractivity contribution in [3.63, 3.8) is 0 Å². The van der Waals surface area contributed by atoms with Crippen molar-refractivity contribution in [2.24, 2.45) is 0 Å². The molecule has 0 fully saturated rings. The normalized spacial score (nSPS) is 13.1. The van der Waals surface area contributed by atoms with Crippen molar-refractivity contribution >= 4 is 27.6 Å². The van der Waals surface area contributed by atoms with Crippen molar-refractivity contribution in [2.45, 2.75) is 24.8 Å². The number of rotatable bonds is 5. The summed E-state index contributed by atoms with van der Waals surface area (Å²) in [5.41, 5.74) is 0. The third kappa shape index (κ3) is 3.90. The van der Waals surface area contributed by atoms with Gasteiger partial charge in [0.25, 0.3) is 0 Å². The summed E-state index contributed by atoms with van der Waals surface area (Å²) < 4.78 is 30.5. The Hall–Kier alpha value is -1.25. The lowest BCUT2D eigenvalue weighted by Crippen LogP contribution is -2.39. The molecule has 1 atom stereocenters. The highest BCUT2D eigenvalue weighted by Crippen LogP contribution is 2.08. The number of carbonyl (C=O) groups excluding carboxylic acids is 1. The number of sulfonamides is 1. The second kappa shape index (κ2) is 6.07. The molecule has 0 saturated heterocycles. The molecule has 1 aromatic rings. The van der Waals surface area contributed by atoms with Gasteiger partial charge in [-0.25, -0.2) is 18.4 Å². The third-order valence-corrected chi connectivity index (χ3v) is 3.57. The first kappa shape index (κ1) is 14.8. The standard InChI is InChI=1S/C9H12ClN3O4S/c1-3-17-8(14)6(2)13-18(15,16)7-4-11-9(10)12-5-7/h4-6,13H,3H2,1-2H3. The van der Waals surface area contributed by atoms with Crippen molar-refractivity contribution in [2.75, 3.05) is 6.61 Å². The van der Waals surface area contributed by atoms with E-state index >= 15 is 0 Å². The largest absolute Gasteiger partial charge is 0.465 e. The van der Waals surface area contributed by atoms with Gasteiger partial charge in [0.2, 0.25) is 15.3 Å². The molecule has 0 aliphatic carbocycles. The predicted octanol–water partition coefficient (Wildman–Crippen LogP) is 0.360. The maximum atomic E-state index is 11.8. The van der Waals surface area contributed by atoms with Crippen LogP contribution in [0.4, 0.5) is 0 Å². The number of hydrogen-bond acceptors (Lipinski definition) is 6. The van der Waals surface area contributed by atoms with Crippen molar-refractivity contribution in [1.29, 1.82) is 0 Å². The Morgan fingerprint density at radius 1 is 1.50 bits per heavy atom. The first-order valence-corrected chi connectivity index (χ1v) is 6.89. The van der Waals surface area contributed by atoms with E-state index in [1.807, 2.05) is 0 Å². The molecule has 0 aliphatic heterocycles. The molecule has 0 radical (unpaired) electrons. The monoisotopic (exact) mass is 293 g/mol. The molecule has 100 valence electrons. The minimum atomic E-state index is -3.87.